The van der Waals surface area contributed by atoms with Crippen LogP contribution < -0.4 is 16.4 Å². The summed E-state index contributed by atoms with van der Waals surface area (Å²) in [6.45, 7) is 6.88. The van der Waals surface area contributed by atoms with Gasteiger partial charge in [0.25, 0.3) is 0 Å². The molecule has 1 aliphatic heterocycles. The van der Waals surface area contributed by atoms with Crippen LogP contribution in [-0.4, -0.2) is 56.1 Å². The first kappa shape index (κ1) is 28.5. The van der Waals surface area contributed by atoms with E-state index < -0.39 is 27.8 Å². The lowest BCUT2D eigenvalue weighted by Gasteiger charge is -2.39. The molecule has 198 valence electrons. The lowest BCUT2D eigenvalue weighted by atomic mass is 9.82. The maximum Gasteiger partial charge on any atom is 0.241 e. The SMILES string of the molecule is CC(C)[C@H](c1ccc(Cl)cc1)[C@H](N)C(=O)Nc1cccc(F)c1CC[C@H]1CNC[C@H](C)N1S(C)(=O)=O. The molecule has 1 saturated heterocycles. The van der Waals surface area contributed by atoms with Crippen molar-refractivity contribution in [2.24, 2.45) is 11.7 Å². The molecule has 0 spiro atoms. The van der Waals surface area contributed by atoms with Gasteiger partial charge in [-0.2, -0.15) is 4.31 Å². The van der Waals surface area contributed by atoms with E-state index in [-0.39, 0.29) is 30.3 Å². The predicted molar refractivity (Wildman–Crippen MR) is 143 cm³/mol. The van der Waals surface area contributed by atoms with E-state index in [1.807, 2.05) is 32.9 Å². The van der Waals surface area contributed by atoms with E-state index >= 15 is 0 Å². The van der Waals surface area contributed by atoms with Gasteiger partial charge in [0.1, 0.15) is 5.82 Å². The van der Waals surface area contributed by atoms with Crippen molar-refractivity contribution >= 4 is 33.2 Å². The summed E-state index contributed by atoms with van der Waals surface area (Å²) in [5.41, 5.74) is 7.99. The summed E-state index contributed by atoms with van der Waals surface area (Å²) in [7, 11) is -3.42. The monoisotopic (exact) mass is 538 g/mol. The van der Waals surface area contributed by atoms with Crippen molar-refractivity contribution in [3.05, 3.63) is 64.4 Å². The number of amides is 1. The van der Waals surface area contributed by atoms with E-state index in [2.05, 4.69) is 10.6 Å². The fourth-order valence-electron chi connectivity index (χ4n) is 5.14. The van der Waals surface area contributed by atoms with Gasteiger partial charge in [0.15, 0.2) is 0 Å². The quantitative estimate of drug-likeness (QED) is 0.451. The van der Waals surface area contributed by atoms with Crippen LogP contribution in [-0.2, 0) is 21.2 Å². The second kappa shape index (κ2) is 12.0. The molecule has 7 nitrogen and oxygen atoms in total. The minimum atomic E-state index is -3.42. The highest BCUT2D eigenvalue weighted by Gasteiger charge is 2.34. The Morgan fingerprint density at radius 2 is 1.89 bits per heavy atom. The van der Waals surface area contributed by atoms with Crippen molar-refractivity contribution in [2.45, 2.75) is 57.7 Å². The fraction of sp³-hybridized carbons (Fsp3) is 0.500. The van der Waals surface area contributed by atoms with Gasteiger partial charge in [-0.25, -0.2) is 12.8 Å². The topological polar surface area (TPSA) is 105 Å². The zero-order valence-electron chi connectivity index (χ0n) is 21.2. The number of nitrogens with two attached hydrogens (primary N) is 1. The van der Waals surface area contributed by atoms with Crippen molar-refractivity contribution in [2.75, 3.05) is 24.7 Å². The number of halogens is 2. The smallest absolute Gasteiger partial charge is 0.241 e. The third-order valence-corrected chi connectivity index (χ3v) is 8.44. The number of nitrogens with zero attached hydrogens (tertiary/aromatic N) is 1. The number of rotatable bonds is 9. The van der Waals surface area contributed by atoms with Crippen molar-refractivity contribution < 1.29 is 17.6 Å². The number of nitrogens with one attached hydrogen (secondary N) is 2. The first-order valence-corrected chi connectivity index (χ1v) is 14.4. The van der Waals surface area contributed by atoms with Crippen LogP contribution in [0.15, 0.2) is 42.5 Å². The molecule has 3 rings (SSSR count). The Balaban J connectivity index is 1.79. The molecular weight excluding hydrogens is 503 g/mol. The van der Waals surface area contributed by atoms with Gasteiger partial charge in [-0.15, -0.1) is 0 Å². The average Bonchev–Trinajstić information content (AvgIpc) is 2.79. The Bertz CT molecular complexity index is 1160. The van der Waals surface area contributed by atoms with E-state index in [1.165, 1.54) is 22.7 Å². The molecule has 4 N–H and O–H groups in total. The fourth-order valence-corrected chi connectivity index (χ4v) is 6.71. The number of carbonyl (C=O) groups is 1. The molecule has 0 saturated carbocycles. The Morgan fingerprint density at radius 3 is 2.50 bits per heavy atom. The Hall–Kier alpha value is -2.04. The Kier molecular flexibility index (Phi) is 9.51. The summed E-state index contributed by atoms with van der Waals surface area (Å²) >= 11 is 6.02. The van der Waals surface area contributed by atoms with Crippen LogP contribution in [0.1, 0.15) is 44.2 Å². The minimum absolute atomic E-state index is 0.0710. The van der Waals surface area contributed by atoms with Crippen LogP contribution in [0.4, 0.5) is 10.1 Å². The second-order valence-corrected chi connectivity index (χ2v) is 12.2. The summed E-state index contributed by atoms with van der Waals surface area (Å²) in [5, 5.41) is 6.67. The van der Waals surface area contributed by atoms with Crippen molar-refractivity contribution in [1.82, 2.24) is 9.62 Å². The van der Waals surface area contributed by atoms with Crippen LogP contribution in [0.3, 0.4) is 0 Å². The van der Waals surface area contributed by atoms with Gasteiger partial charge in [-0.05, 0) is 55.5 Å². The molecule has 0 radical (unpaired) electrons. The molecule has 0 bridgehead atoms. The molecule has 1 heterocycles. The van der Waals surface area contributed by atoms with Gasteiger partial charge < -0.3 is 16.4 Å². The summed E-state index contributed by atoms with van der Waals surface area (Å²) < 4.78 is 41.2. The first-order valence-electron chi connectivity index (χ1n) is 12.2. The predicted octanol–water partition coefficient (Wildman–Crippen LogP) is 3.74. The standard InChI is InChI=1S/C26H36ClFN4O3S/c1-16(2)24(18-8-10-19(27)11-9-18)25(29)26(33)31-23-7-5-6-22(28)21(23)13-12-20-15-30-14-17(3)32(20)36(4,34)35/h5-11,16-17,20,24-25,30H,12-15,29H2,1-4H3,(H,31,33)/t17-,20-,24+,25-/m0/s1. The van der Waals surface area contributed by atoms with E-state index in [0.717, 1.165) is 5.56 Å². The summed E-state index contributed by atoms with van der Waals surface area (Å²) in [6.07, 6.45) is 1.86. The number of sulfonamides is 1. The summed E-state index contributed by atoms with van der Waals surface area (Å²) in [5.74, 6) is -1.07. The number of benzene rings is 2. The van der Waals surface area contributed by atoms with Gasteiger partial charge in [-0.3, -0.25) is 4.79 Å². The lowest BCUT2D eigenvalue weighted by Crippen LogP contribution is -2.58. The van der Waals surface area contributed by atoms with Gasteiger partial charge in [0, 0.05) is 47.4 Å². The molecule has 1 aliphatic rings. The minimum Gasteiger partial charge on any atom is -0.324 e. The number of hydrogen-bond acceptors (Lipinski definition) is 5. The van der Waals surface area contributed by atoms with Crippen LogP contribution >= 0.6 is 11.6 Å². The second-order valence-electron chi connectivity index (χ2n) is 9.90. The van der Waals surface area contributed by atoms with E-state index in [1.54, 1.807) is 18.2 Å². The largest absolute Gasteiger partial charge is 0.324 e. The number of piperazine rings is 1. The molecule has 4 atom stereocenters. The van der Waals surface area contributed by atoms with Gasteiger partial charge >= 0.3 is 0 Å². The van der Waals surface area contributed by atoms with Crippen LogP contribution in [0.25, 0.3) is 0 Å². The average molecular weight is 539 g/mol. The molecule has 1 amide bonds. The molecule has 0 aromatic heterocycles. The maximum absolute atomic E-state index is 14.9. The molecule has 36 heavy (non-hydrogen) atoms. The Morgan fingerprint density at radius 1 is 1.22 bits per heavy atom. The molecule has 0 aliphatic carbocycles. The number of anilines is 1. The first-order chi connectivity index (χ1) is 16.9. The van der Waals surface area contributed by atoms with Crippen LogP contribution in [0.2, 0.25) is 5.02 Å². The highest BCUT2D eigenvalue weighted by molar-refractivity contribution is 7.88. The summed E-state index contributed by atoms with van der Waals surface area (Å²) in [4.78, 5) is 13.2. The van der Waals surface area contributed by atoms with Crippen LogP contribution in [0, 0.1) is 11.7 Å². The molecule has 0 unspecified atom stereocenters. The molecular formula is C26H36ClFN4O3S. The highest BCUT2D eigenvalue weighted by atomic mass is 35.5. The third-order valence-electron chi connectivity index (χ3n) is 6.76. The number of hydrogen-bond donors (Lipinski definition) is 3. The van der Waals surface area contributed by atoms with Gasteiger partial charge in [-0.1, -0.05) is 43.6 Å². The van der Waals surface area contributed by atoms with Crippen LogP contribution in [0.5, 0.6) is 0 Å². The third kappa shape index (κ3) is 6.83. The molecule has 2 aromatic rings. The zero-order chi connectivity index (χ0) is 26.6. The van der Waals surface area contributed by atoms with E-state index in [9.17, 15) is 17.6 Å². The van der Waals surface area contributed by atoms with Crippen molar-refractivity contribution in [3.63, 3.8) is 0 Å². The molecule has 10 heteroatoms. The normalized spacial score (nSPS) is 20.8. The van der Waals surface area contributed by atoms with E-state index in [0.29, 0.717) is 35.8 Å². The van der Waals surface area contributed by atoms with E-state index in [4.69, 9.17) is 17.3 Å². The van der Waals surface area contributed by atoms with Gasteiger partial charge in [0.05, 0.1) is 12.3 Å². The zero-order valence-corrected chi connectivity index (χ0v) is 22.7. The highest BCUT2D eigenvalue weighted by Crippen LogP contribution is 2.30. The molecule has 1 fully saturated rings. The van der Waals surface area contributed by atoms with Crippen molar-refractivity contribution in [3.8, 4) is 0 Å². The summed E-state index contributed by atoms with van der Waals surface area (Å²) in [6, 6.07) is 10.4. The molecule has 2 aromatic carbocycles. The lowest BCUT2D eigenvalue weighted by molar-refractivity contribution is -0.118. The maximum atomic E-state index is 14.9. The number of carbonyl (C=O) groups excluding carboxylic acids is 1. The van der Waals surface area contributed by atoms with Crippen molar-refractivity contribution in [1.29, 1.82) is 0 Å². The van der Waals surface area contributed by atoms with Gasteiger partial charge in [0.2, 0.25) is 15.9 Å². The Labute approximate surface area is 218 Å².